The summed E-state index contributed by atoms with van der Waals surface area (Å²) in [5.74, 6) is -1.10. The number of phosphoric ester groups is 1. The fourth-order valence-electron chi connectivity index (χ4n) is 7.64. The molecule has 360 valence electrons. The van der Waals surface area contributed by atoms with Crippen molar-refractivity contribution in [1.29, 1.82) is 0 Å². The molecule has 1 saturated carbocycles. The second-order valence-corrected chi connectivity index (χ2v) is 18.7. The number of phosphoric acid groups is 1. The lowest BCUT2D eigenvalue weighted by atomic mass is 9.85. The molecule has 0 amide bonds. The van der Waals surface area contributed by atoms with Crippen molar-refractivity contribution < 1.29 is 63.1 Å². The van der Waals surface area contributed by atoms with Crippen LogP contribution in [-0.2, 0) is 32.7 Å². The van der Waals surface area contributed by atoms with Crippen LogP contribution in [0, 0.1) is 0 Å². The van der Waals surface area contributed by atoms with Crippen LogP contribution in [0.15, 0.2) is 12.2 Å². The van der Waals surface area contributed by atoms with E-state index in [1.54, 1.807) is 0 Å². The SMILES string of the molecule is CCCCCCCC/C=C\CCCCCCCC(=O)O[C@H](COC(=O)CCCCCCCCCCCCCCCCCCC)COP(=O)(O)OC1C(O)C(O)C(O)[C@@H](O)C1O. The number of aliphatic hydroxyl groups excluding tert-OH is 5. The molecule has 0 radical (unpaired) electrons. The molecule has 0 spiro atoms. The summed E-state index contributed by atoms with van der Waals surface area (Å²) in [6.07, 6.45) is 26.9. The van der Waals surface area contributed by atoms with Gasteiger partial charge in [0.1, 0.15) is 43.2 Å². The molecule has 1 aliphatic carbocycles. The Morgan fingerprint density at radius 1 is 0.492 bits per heavy atom. The molecule has 61 heavy (non-hydrogen) atoms. The van der Waals surface area contributed by atoms with E-state index < -0.39 is 75.7 Å². The average molecular weight is 893 g/mol. The summed E-state index contributed by atoms with van der Waals surface area (Å²) in [6, 6.07) is 0. The van der Waals surface area contributed by atoms with Gasteiger partial charge in [-0.1, -0.05) is 180 Å². The van der Waals surface area contributed by atoms with Gasteiger partial charge in [-0.2, -0.15) is 0 Å². The number of hydrogen-bond acceptors (Lipinski definition) is 12. The first-order valence-electron chi connectivity index (χ1n) is 24.5. The molecule has 8 atom stereocenters. The molecule has 1 fully saturated rings. The lowest BCUT2D eigenvalue weighted by Crippen LogP contribution is -2.64. The normalized spacial score (nSPS) is 22.0. The van der Waals surface area contributed by atoms with Crippen LogP contribution in [0.25, 0.3) is 0 Å². The van der Waals surface area contributed by atoms with Crippen molar-refractivity contribution in [3.63, 3.8) is 0 Å². The predicted octanol–water partition coefficient (Wildman–Crippen LogP) is 9.84. The molecule has 1 aliphatic rings. The highest BCUT2D eigenvalue weighted by molar-refractivity contribution is 7.47. The molecule has 0 aromatic heterocycles. The number of carbonyl (C=O) groups excluding carboxylic acids is 2. The first kappa shape index (κ1) is 57.6. The van der Waals surface area contributed by atoms with E-state index in [2.05, 4.69) is 26.0 Å². The molecule has 1 rings (SSSR count). The molecule has 13 nitrogen and oxygen atoms in total. The molecule has 0 aromatic rings. The van der Waals surface area contributed by atoms with Crippen molar-refractivity contribution in [2.24, 2.45) is 0 Å². The number of hydrogen-bond donors (Lipinski definition) is 6. The summed E-state index contributed by atoms with van der Waals surface area (Å²) >= 11 is 0. The van der Waals surface area contributed by atoms with Gasteiger partial charge in [0.05, 0.1) is 6.61 Å². The summed E-state index contributed by atoms with van der Waals surface area (Å²) < 4.78 is 33.6. The summed E-state index contributed by atoms with van der Waals surface area (Å²) in [5.41, 5.74) is 0. The third-order valence-corrected chi connectivity index (χ3v) is 12.6. The number of carbonyl (C=O) groups is 2. The van der Waals surface area contributed by atoms with Crippen molar-refractivity contribution in [2.45, 2.75) is 262 Å². The van der Waals surface area contributed by atoms with Crippen LogP contribution in [0.2, 0.25) is 0 Å². The Balaban J connectivity index is 2.42. The molecular weight excluding hydrogens is 803 g/mol. The largest absolute Gasteiger partial charge is 0.472 e. The highest BCUT2D eigenvalue weighted by atomic mass is 31.2. The topological polar surface area (TPSA) is 210 Å². The van der Waals surface area contributed by atoms with E-state index in [-0.39, 0.29) is 12.8 Å². The second-order valence-electron chi connectivity index (χ2n) is 17.3. The maximum absolute atomic E-state index is 12.8. The lowest BCUT2D eigenvalue weighted by Gasteiger charge is -2.41. The first-order valence-corrected chi connectivity index (χ1v) is 26.0. The van der Waals surface area contributed by atoms with E-state index in [0.29, 0.717) is 12.8 Å². The quantitative estimate of drug-likeness (QED) is 0.0146. The number of aliphatic hydroxyl groups is 5. The summed E-state index contributed by atoms with van der Waals surface area (Å²) in [5, 5.41) is 50.2. The molecular formula is C47H89O13P. The Bertz CT molecular complexity index is 1120. The second kappa shape index (κ2) is 37.9. The fraction of sp³-hybridized carbons (Fsp3) is 0.915. The molecule has 0 heterocycles. The smallest absolute Gasteiger partial charge is 0.462 e. The highest BCUT2D eigenvalue weighted by Gasteiger charge is 2.51. The Labute approximate surface area is 369 Å². The van der Waals surface area contributed by atoms with E-state index >= 15 is 0 Å². The summed E-state index contributed by atoms with van der Waals surface area (Å²) in [6.45, 7) is 3.31. The molecule has 0 aromatic carbocycles. The molecule has 0 saturated heterocycles. The maximum atomic E-state index is 12.8. The van der Waals surface area contributed by atoms with Crippen LogP contribution in [0.4, 0.5) is 0 Å². The van der Waals surface area contributed by atoms with Crippen LogP contribution in [-0.4, -0.2) is 98.3 Å². The number of unbranched alkanes of at least 4 members (excludes halogenated alkanes) is 27. The molecule has 14 heteroatoms. The monoisotopic (exact) mass is 893 g/mol. The molecule has 6 N–H and O–H groups in total. The van der Waals surface area contributed by atoms with E-state index in [0.717, 1.165) is 57.8 Å². The van der Waals surface area contributed by atoms with Gasteiger partial charge in [0.15, 0.2) is 6.10 Å². The van der Waals surface area contributed by atoms with Gasteiger partial charge in [0.2, 0.25) is 0 Å². The number of allylic oxidation sites excluding steroid dienone is 2. The van der Waals surface area contributed by atoms with Gasteiger partial charge in [-0.15, -0.1) is 0 Å². The third-order valence-electron chi connectivity index (χ3n) is 11.6. The first-order chi connectivity index (χ1) is 29.4. The third kappa shape index (κ3) is 30.4. The van der Waals surface area contributed by atoms with Gasteiger partial charge in [-0.05, 0) is 38.5 Å². The average Bonchev–Trinajstić information content (AvgIpc) is 3.24. The molecule has 0 aliphatic heterocycles. The summed E-state index contributed by atoms with van der Waals surface area (Å²) in [7, 11) is -5.12. The van der Waals surface area contributed by atoms with Gasteiger partial charge in [-0.25, -0.2) is 4.57 Å². The summed E-state index contributed by atoms with van der Waals surface area (Å²) in [4.78, 5) is 35.7. The molecule has 0 bridgehead atoms. The van der Waals surface area contributed by atoms with Gasteiger partial charge in [0, 0.05) is 12.8 Å². The van der Waals surface area contributed by atoms with Gasteiger partial charge >= 0.3 is 19.8 Å². The molecule has 6 unspecified atom stereocenters. The Morgan fingerprint density at radius 2 is 0.836 bits per heavy atom. The van der Waals surface area contributed by atoms with Crippen LogP contribution >= 0.6 is 7.82 Å². The van der Waals surface area contributed by atoms with Gasteiger partial charge in [-0.3, -0.25) is 18.6 Å². The van der Waals surface area contributed by atoms with Crippen molar-refractivity contribution in [1.82, 2.24) is 0 Å². The van der Waals surface area contributed by atoms with Crippen molar-refractivity contribution in [3.8, 4) is 0 Å². The number of esters is 2. The standard InChI is InChI=1S/C47H89O13P/c1-3-5-7-9-11-13-15-17-19-20-22-23-25-27-29-31-33-35-40(48)57-37-39(38-58-61(55,56)60-47-45(53)43(51)42(50)44(52)46(47)54)59-41(49)36-34-32-30-28-26-24-21-18-16-14-12-10-8-6-4-2/h18,21,39,42-47,50-54H,3-17,19-20,22-38H2,1-2H3,(H,55,56)/b21-18-/t39-,42?,43-,44?,45?,46?,47?/m1/s1. The zero-order chi connectivity index (χ0) is 45.0. The van der Waals surface area contributed by atoms with Crippen molar-refractivity contribution >= 4 is 19.8 Å². The van der Waals surface area contributed by atoms with Crippen molar-refractivity contribution in [2.75, 3.05) is 13.2 Å². The maximum Gasteiger partial charge on any atom is 0.472 e. The zero-order valence-electron chi connectivity index (χ0n) is 38.2. The van der Waals surface area contributed by atoms with Crippen LogP contribution in [0.3, 0.4) is 0 Å². The predicted molar refractivity (Wildman–Crippen MR) is 240 cm³/mol. The highest BCUT2D eigenvalue weighted by Crippen LogP contribution is 2.47. The van der Waals surface area contributed by atoms with Gasteiger partial charge in [0.25, 0.3) is 0 Å². The van der Waals surface area contributed by atoms with E-state index in [9.17, 15) is 44.6 Å². The van der Waals surface area contributed by atoms with Crippen molar-refractivity contribution in [3.05, 3.63) is 12.2 Å². The lowest BCUT2D eigenvalue weighted by molar-refractivity contribution is -0.220. The van der Waals surface area contributed by atoms with Gasteiger partial charge < -0.3 is 39.9 Å². The zero-order valence-corrected chi connectivity index (χ0v) is 39.1. The minimum atomic E-state index is -5.12. The number of rotatable bonds is 41. The van der Waals surface area contributed by atoms with Crippen LogP contribution < -0.4 is 0 Å². The Kier molecular flexibility index (Phi) is 35.8. The van der Waals surface area contributed by atoms with E-state index in [1.807, 2.05) is 0 Å². The fourth-order valence-corrected chi connectivity index (χ4v) is 8.61. The minimum absolute atomic E-state index is 0.0910. The minimum Gasteiger partial charge on any atom is -0.462 e. The Morgan fingerprint density at radius 3 is 1.25 bits per heavy atom. The number of ether oxygens (including phenoxy) is 2. The Hall–Kier alpha value is -1.41. The van der Waals surface area contributed by atoms with Crippen LogP contribution in [0.5, 0.6) is 0 Å². The van der Waals surface area contributed by atoms with Crippen LogP contribution in [0.1, 0.15) is 219 Å². The van der Waals surface area contributed by atoms with E-state index in [1.165, 1.54) is 122 Å². The van der Waals surface area contributed by atoms with E-state index in [4.69, 9.17) is 18.5 Å².